The van der Waals surface area contributed by atoms with E-state index in [1.165, 1.54) is 0 Å². The van der Waals surface area contributed by atoms with Gasteiger partial charge in [0, 0.05) is 25.9 Å². The van der Waals surface area contributed by atoms with Crippen LogP contribution in [-0.4, -0.2) is 42.9 Å². The van der Waals surface area contributed by atoms with Crippen molar-refractivity contribution in [1.82, 2.24) is 4.98 Å². The Morgan fingerprint density at radius 3 is 2.67 bits per heavy atom. The molecular formula is C13H20N2O3. The molecule has 100 valence electrons. The van der Waals surface area contributed by atoms with Gasteiger partial charge in [-0.05, 0) is 25.5 Å². The van der Waals surface area contributed by atoms with Crippen LogP contribution >= 0.6 is 0 Å². The molecule has 0 saturated carbocycles. The van der Waals surface area contributed by atoms with Crippen LogP contribution in [-0.2, 0) is 11.2 Å². The van der Waals surface area contributed by atoms with Crippen LogP contribution in [0.25, 0.3) is 0 Å². The lowest BCUT2D eigenvalue weighted by Gasteiger charge is -2.22. The van der Waals surface area contributed by atoms with Gasteiger partial charge < -0.3 is 14.7 Å². The summed E-state index contributed by atoms with van der Waals surface area (Å²) in [7, 11) is 1.65. The van der Waals surface area contributed by atoms with Crippen LogP contribution in [0.3, 0.4) is 0 Å². The molecule has 0 saturated heterocycles. The molecule has 5 heteroatoms. The third kappa shape index (κ3) is 3.70. The zero-order chi connectivity index (χ0) is 13.5. The van der Waals surface area contributed by atoms with E-state index in [9.17, 15) is 4.79 Å². The van der Waals surface area contributed by atoms with Crippen LogP contribution in [0.1, 0.15) is 29.9 Å². The van der Waals surface area contributed by atoms with Crippen molar-refractivity contribution in [3.63, 3.8) is 0 Å². The Morgan fingerprint density at radius 1 is 1.44 bits per heavy atom. The molecule has 0 aliphatic carbocycles. The van der Waals surface area contributed by atoms with E-state index in [0.29, 0.717) is 19.0 Å². The number of rotatable bonds is 7. The number of ether oxygens (including phenoxy) is 1. The number of carboxylic acid groups (broad SMARTS) is 1. The van der Waals surface area contributed by atoms with Crippen LogP contribution in [0.5, 0.6) is 0 Å². The van der Waals surface area contributed by atoms with Gasteiger partial charge in [0.1, 0.15) is 5.82 Å². The fourth-order valence-electron chi connectivity index (χ4n) is 1.67. The number of pyridine rings is 1. The van der Waals surface area contributed by atoms with Gasteiger partial charge >= 0.3 is 5.97 Å². The second kappa shape index (κ2) is 6.96. The molecule has 0 atom stereocenters. The molecule has 0 aliphatic heterocycles. The third-order valence-electron chi connectivity index (χ3n) is 2.75. The minimum atomic E-state index is -0.920. The van der Waals surface area contributed by atoms with Crippen molar-refractivity contribution in [3.8, 4) is 0 Å². The minimum Gasteiger partial charge on any atom is -0.478 e. The molecule has 0 bridgehead atoms. The maximum atomic E-state index is 11.1. The topological polar surface area (TPSA) is 62.7 Å². The Morgan fingerprint density at radius 2 is 2.17 bits per heavy atom. The first-order valence-electron chi connectivity index (χ1n) is 6.10. The Hall–Kier alpha value is -1.62. The summed E-state index contributed by atoms with van der Waals surface area (Å²) in [6.07, 6.45) is 0.718. The molecule has 1 rings (SSSR count). The van der Waals surface area contributed by atoms with E-state index >= 15 is 0 Å². The average molecular weight is 252 g/mol. The van der Waals surface area contributed by atoms with Gasteiger partial charge in [0.15, 0.2) is 0 Å². The maximum Gasteiger partial charge on any atom is 0.335 e. The van der Waals surface area contributed by atoms with Gasteiger partial charge in [-0.25, -0.2) is 9.78 Å². The molecule has 0 aliphatic rings. The Bertz CT molecular complexity index is 407. The fourth-order valence-corrected chi connectivity index (χ4v) is 1.67. The highest BCUT2D eigenvalue weighted by Gasteiger charge is 2.12. The van der Waals surface area contributed by atoms with Crippen LogP contribution < -0.4 is 4.90 Å². The molecule has 0 radical (unpaired) electrons. The summed E-state index contributed by atoms with van der Waals surface area (Å²) in [5, 5.41) is 9.09. The number of anilines is 1. The second-order valence-corrected chi connectivity index (χ2v) is 3.94. The predicted octanol–water partition coefficient (Wildman–Crippen LogP) is 1.81. The number of aromatic nitrogens is 1. The zero-order valence-electron chi connectivity index (χ0n) is 11.1. The molecule has 0 aromatic carbocycles. The Labute approximate surface area is 107 Å². The van der Waals surface area contributed by atoms with Crippen molar-refractivity contribution >= 4 is 11.8 Å². The number of hydrogen-bond acceptors (Lipinski definition) is 4. The Balaban J connectivity index is 3.04. The summed E-state index contributed by atoms with van der Waals surface area (Å²) in [6, 6.07) is 3.23. The smallest absolute Gasteiger partial charge is 0.335 e. The minimum absolute atomic E-state index is 0.285. The van der Waals surface area contributed by atoms with Crippen molar-refractivity contribution in [1.29, 1.82) is 0 Å². The highest BCUT2D eigenvalue weighted by molar-refractivity contribution is 5.88. The van der Waals surface area contributed by atoms with Crippen molar-refractivity contribution in [2.75, 3.05) is 31.7 Å². The quantitative estimate of drug-likeness (QED) is 0.802. The summed E-state index contributed by atoms with van der Waals surface area (Å²) in [5.74, 6) is -0.220. The lowest BCUT2D eigenvalue weighted by Crippen LogP contribution is -2.28. The number of carboxylic acids is 1. The number of likely N-dealkylation sites (N-methyl/N-ethyl adjacent to an activating group) is 1. The number of nitrogens with zero attached hydrogens (tertiary/aromatic N) is 2. The lowest BCUT2D eigenvalue weighted by atomic mass is 10.2. The van der Waals surface area contributed by atoms with Gasteiger partial charge in [0.25, 0.3) is 0 Å². The van der Waals surface area contributed by atoms with Crippen LogP contribution in [0, 0.1) is 0 Å². The Kier molecular flexibility index (Phi) is 5.58. The normalized spacial score (nSPS) is 10.4. The molecule has 18 heavy (non-hydrogen) atoms. The van der Waals surface area contributed by atoms with Gasteiger partial charge in [-0.3, -0.25) is 0 Å². The van der Waals surface area contributed by atoms with Crippen LogP contribution in [0.15, 0.2) is 12.1 Å². The number of carbonyl (C=O) groups is 1. The summed E-state index contributed by atoms with van der Waals surface area (Å²) >= 11 is 0. The number of aryl methyl sites for hydroxylation is 1. The van der Waals surface area contributed by atoms with E-state index < -0.39 is 5.97 Å². The SMILES string of the molecule is CCc1cc(C(=O)O)cc(N(CC)CCOC)n1. The molecule has 0 fully saturated rings. The third-order valence-corrected chi connectivity index (χ3v) is 2.75. The summed E-state index contributed by atoms with van der Waals surface area (Å²) in [4.78, 5) is 17.5. The van der Waals surface area contributed by atoms with Crippen LogP contribution in [0.2, 0.25) is 0 Å². The predicted molar refractivity (Wildman–Crippen MR) is 70.3 cm³/mol. The first kappa shape index (κ1) is 14.4. The number of aromatic carboxylic acids is 1. The van der Waals surface area contributed by atoms with E-state index in [1.54, 1.807) is 19.2 Å². The van der Waals surface area contributed by atoms with Gasteiger partial charge in [-0.2, -0.15) is 0 Å². The van der Waals surface area contributed by atoms with Gasteiger partial charge in [0.2, 0.25) is 0 Å². The summed E-state index contributed by atoms with van der Waals surface area (Å²) < 4.78 is 5.04. The number of methoxy groups -OCH3 is 1. The molecule has 0 spiro atoms. The molecule has 5 nitrogen and oxygen atoms in total. The molecule has 1 aromatic rings. The van der Waals surface area contributed by atoms with Gasteiger partial charge in [-0.1, -0.05) is 6.92 Å². The van der Waals surface area contributed by atoms with Gasteiger partial charge in [0.05, 0.1) is 12.2 Å². The van der Waals surface area contributed by atoms with E-state index in [4.69, 9.17) is 9.84 Å². The summed E-state index contributed by atoms with van der Waals surface area (Å²) in [5.41, 5.74) is 1.08. The van der Waals surface area contributed by atoms with Crippen molar-refractivity contribution in [3.05, 3.63) is 23.4 Å². The van der Waals surface area contributed by atoms with Crippen molar-refractivity contribution in [2.45, 2.75) is 20.3 Å². The van der Waals surface area contributed by atoms with E-state index in [1.807, 2.05) is 18.7 Å². The standard InChI is InChI=1S/C13H20N2O3/c1-4-11-8-10(13(16)17)9-12(14-11)15(5-2)6-7-18-3/h8-9H,4-7H2,1-3H3,(H,16,17). The molecule has 0 unspecified atom stereocenters. The van der Waals surface area contributed by atoms with Crippen molar-refractivity contribution in [2.24, 2.45) is 0 Å². The average Bonchev–Trinajstić information content (AvgIpc) is 2.39. The molecule has 1 heterocycles. The highest BCUT2D eigenvalue weighted by Crippen LogP contribution is 2.15. The lowest BCUT2D eigenvalue weighted by molar-refractivity contribution is 0.0696. The largest absolute Gasteiger partial charge is 0.478 e. The zero-order valence-corrected chi connectivity index (χ0v) is 11.1. The molecular weight excluding hydrogens is 232 g/mol. The van der Waals surface area contributed by atoms with Gasteiger partial charge in [-0.15, -0.1) is 0 Å². The van der Waals surface area contributed by atoms with E-state index in [2.05, 4.69) is 4.98 Å². The molecule has 1 aromatic heterocycles. The maximum absolute atomic E-state index is 11.1. The highest BCUT2D eigenvalue weighted by atomic mass is 16.5. The molecule has 1 N–H and O–H groups in total. The first-order chi connectivity index (χ1) is 8.62. The first-order valence-corrected chi connectivity index (χ1v) is 6.10. The molecule has 0 amide bonds. The van der Waals surface area contributed by atoms with Crippen LogP contribution in [0.4, 0.5) is 5.82 Å². The van der Waals surface area contributed by atoms with E-state index in [-0.39, 0.29) is 5.56 Å². The number of hydrogen-bond donors (Lipinski definition) is 1. The fraction of sp³-hybridized carbons (Fsp3) is 0.538. The second-order valence-electron chi connectivity index (χ2n) is 3.94. The van der Waals surface area contributed by atoms with Crippen molar-refractivity contribution < 1.29 is 14.6 Å². The van der Waals surface area contributed by atoms with E-state index in [0.717, 1.165) is 18.7 Å². The summed E-state index contributed by atoms with van der Waals surface area (Å²) in [6.45, 7) is 6.03. The monoisotopic (exact) mass is 252 g/mol.